The van der Waals surface area contributed by atoms with Gasteiger partial charge in [0.1, 0.15) is 17.5 Å². The van der Waals surface area contributed by atoms with Crippen molar-refractivity contribution in [3.05, 3.63) is 11.9 Å². The largest absolute Gasteiger partial charge is 0.384 e. The van der Waals surface area contributed by atoms with Crippen molar-refractivity contribution in [2.24, 2.45) is 5.92 Å². The van der Waals surface area contributed by atoms with Gasteiger partial charge in [-0.05, 0) is 31.6 Å². The van der Waals surface area contributed by atoms with Crippen molar-refractivity contribution in [2.75, 3.05) is 11.1 Å². The highest BCUT2D eigenvalue weighted by Gasteiger charge is 2.28. The first-order valence-electron chi connectivity index (χ1n) is 7.67. The fourth-order valence-electron chi connectivity index (χ4n) is 3.16. The van der Waals surface area contributed by atoms with E-state index >= 15 is 0 Å². The predicted octanol–water partition coefficient (Wildman–Crippen LogP) is 3.32. The third kappa shape index (κ3) is 2.99. The number of aromatic nitrogens is 2. The zero-order valence-corrected chi connectivity index (χ0v) is 11.7. The second kappa shape index (κ2) is 5.35. The minimum atomic E-state index is 0.553. The molecule has 0 saturated heterocycles. The summed E-state index contributed by atoms with van der Waals surface area (Å²) in [5.74, 6) is 3.79. The SMILES string of the molecule is CCC1CCCCC1Nc1cc(N)nc(C2CC2)n1. The Hall–Kier alpha value is -1.32. The number of hydrogen-bond acceptors (Lipinski definition) is 4. The molecule has 1 heterocycles. The van der Waals surface area contributed by atoms with Gasteiger partial charge in [0.2, 0.25) is 0 Å². The van der Waals surface area contributed by atoms with Gasteiger partial charge in [-0.15, -0.1) is 0 Å². The number of anilines is 2. The lowest BCUT2D eigenvalue weighted by atomic mass is 9.83. The van der Waals surface area contributed by atoms with Crippen molar-refractivity contribution in [1.29, 1.82) is 0 Å². The van der Waals surface area contributed by atoms with Crippen molar-refractivity contribution in [1.82, 2.24) is 9.97 Å². The zero-order chi connectivity index (χ0) is 13.2. The van der Waals surface area contributed by atoms with Crippen LogP contribution in [0.15, 0.2) is 6.07 Å². The zero-order valence-electron chi connectivity index (χ0n) is 11.7. The maximum Gasteiger partial charge on any atom is 0.136 e. The molecular weight excluding hydrogens is 236 g/mol. The highest BCUT2D eigenvalue weighted by molar-refractivity contribution is 5.46. The molecule has 19 heavy (non-hydrogen) atoms. The summed E-state index contributed by atoms with van der Waals surface area (Å²) in [6.07, 6.45) is 8.95. The summed E-state index contributed by atoms with van der Waals surface area (Å²) in [6.45, 7) is 2.29. The van der Waals surface area contributed by atoms with E-state index in [4.69, 9.17) is 5.73 Å². The van der Waals surface area contributed by atoms with Gasteiger partial charge in [-0.3, -0.25) is 0 Å². The van der Waals surface area contributed by atoms with Gasteiger partial charge in [-0.2, -0.15) is 0 Å². The van der Waals surface area contributed by atoms with Crippen molar-refractivity contribution in [3.63, 3.8) is 0 Å². The van der Waals surface area contributed by atoms with Gasteiger partial charge < -0.3 is 11.1 Å². The molecule has 2 saturated carbocycles. The van der Waals surface area contributed by atoms with Gasteiger partial charge >= 0.3 is 0 Å². The average molecular weight is 260 g/mol. The second-order valence-corrected chi connectivity index (χ2v) is 6.01. The molecule has 0 aliphatic heterocycles. The molecular formula is C15H24N4. The number of hydrogen-bond donors (Lipinski definition) is 2. The Balaban J connectivity index is 1.74. The molecule has 2 unspecified atom stereocenters. The van der Waals surface area contributed by atoms with Crippen LogP contribution in [0.3, 0.4) is 0 Å². The first-order valence-corrected chi connectivity index (χ1v) is 7.67. The summed E-state index contributed by atoms with van der Waals surface area (Å²) in [4.78, 5) is 9.01. The van der Waals surface area contributed by atoms with E-state index in [1.165, 1.54) is 44.9 Å². The highest BCUT2D eigenvalue weighted by atomic mass is 15.1. The lowest BCUT2D eigenvalue weighted by molar-refractivity contribution is 0.317. The molecule has 0 aromatic carbocycles. The van der Waals surface area contributed by atoms with Gasteiger partial charge in [-0.1, -0.05) is 26.2 Å². The fourth-order valence-corrected chi connectivity index (χ4v) is 3.16. The van der Waals surface area contributed by atoms with Crippen molar-refractivity contribution < 1.29 is 0 Å². The van der Waals surface area contributed by atoms with E-state index in [0.717, 1.165) is 17.6 Å². The van der Waals surface area contributed by atoms with Gasteiger partial charge in [-0.25, -0.2) is 9.97 Å². The third-order valence-electron chi connectivity index (χ3n) is 4.47. The van der Waals surface area contributed by atoms with Gasteiger partial charge in [0, 0.05) is 18.0 Å². The van der Waals surface area contributed by atoms with E-state index in [2.05, 4.69) is 22.2 Å². The molecule has 4 heteroatoms. The number of nitrogens with one attached hydrogen (secondary N) is 1. The molecule has 2 aliphatic carbocycles. The Morgan fingerprint density at radius 1 is 1.21 bits per heavy atom. The topological polar surface area (TPSA) is 63.8 Å². The summed E-state index contributed by atoms with van der Waals surface area (Å²) in [5.41, 5.74) is 5.91. The standard InChI is InChI=1S/C15H24N4/c1-2-10-5-3-4-6-12(10)17-14-9-13(16)18-15(19-14)11-7-8-11/h9-12H,2-8H2,1H3,(H3,16,17,18,19). The second-order valence-electron chi connectivity index (χ2n) is 6.01. The van der Waals surface area contributed by atoms with Crippen LogP contribution in [-0.2, 0) is 0 Å². The van der Waals surface area contributed by atoms with Gasteiger partial charge in [0.15, 0.2) is 0 Å². The predicted molar refractivity (Wildman–Crippen MR) is 78.1 cm³/mol. The number of nitrogen functional groups attached to an aromatic ring is 1. The molecule has 3 N–H and O–H groups in total. The molecule has 2 atom stereocenters. The van der Waals surface area contributed by atoms with Crippen LogP contribution < -0.4 is 11.1 Å². The normalized spacial score (nSPS) is 27.2. The molecule has 3 rings (SSSR count). The maximum absolute atomic E-state index is 5.91. The van der Waals surface area contributed by atoms with Crippen LogP contribution in [0.4, 0.5) is 11.6 Å². The lowest BCUT2D eigenvalue weighted by Gasteiger charge is -2.32. The monoisotopic (exact) mass is 260 g/mol. The minimum absolute atomic E-state index is 0.553. The van der Waals surface area contributed by atoms with Crippen LogP contribution in [0.25, 0.3) is 0 Å². The Morgan fingerprint density at radius 2 is 2.00 bits per heavy atom. The third-order valence-corrected chi connectivity index (χ3v) is 4.47. The van der Waals surface area contributed by atoms with E-state index in [-0.39, 0.29) is 0 Å². The molecule has 0 spiro atoms. The first kappa shape index (κ1) is 12.7. The molecule has 4 nitrogen and oxygen atoms in total. The van der Waals surface area contributed by atoms with Crippen molar-refractivity contribution in [2.45, 2.75) is 63.8 Å². The van der Waals surface area contributed by atoms with Crippen molar-refractivity contribution >= 4 is 11.6 Å². The fraction of sp³-hybridized carbons (Fsp3) is 0.733. The summed E-state index contributed by atoms with van der Waals surface area (Å²) >= 11 is 0. The molecule has 1 aromatic rings. The Morgan fingerprint density at radius 3 is 2.74 bits per heavy atom. The minimum Gasteiger partial charge on any atom is -0.384 e. The van der Waals surface area contributed by atoms with E-state index in [0.29, 0.717) is 17.8 Å². The molecule has 0 bridgehead atoms. The smallest absolute Gasteiger partial charge is 0.136 e. The van der Waals surface area contributed by atoms with E-state index in [1.807, 2.05) is 6.07 Å². The molecule has 1 aromatic heterocycles. The van der Waals surface area contributed by atoms with E-state index < -0.39 is 0 Å². The van der Waals surface area contributed by atoms with E-state index in [9.17, 15) is 0 Å². The van der Waals surface area contributed by atoms with Gasteiger partial charge in [0.25, 0.3) is 0 Å². The molecule has 0 amide bonds. The van der Waals surface area contributed by atoms with Crippen LogP contribution in [0.5, 0.6) is 0 Å². The summed E-state index contributed by atoms with van der Waals surface area (Å²) in [6, 6.07) is 2.44. The first-order chi connectivity index (χ1) is 9.26. The Labute approximate surface area is 115 Å². The number of rotatable bonds is 4. The van der Waals surface area contributed by atoms with Gasteiger partial charge in [0.05, 0.1) is 0 Å². The number of nitrogens with zero attached hydrogens (tertiary/aromatic N) is 2. The maximum atomic E-state index is 5.91. The summed E-state index contributed by atoms with van der Waals surface area (Å²) < 4.78 is 0. The van der Waals surface area contributed by atoms with Crippen LogP contribution in [0.1, 0.15) is 63.6 Å². The number of nitrogens with two attached hydrogens (primary N) is 1. The van der Waals surface area contributed by atoms with Crippen LogP contribution in [0, 0.1) is 5.92 Å². The van der Waals surface area contributed by atoms with Crippen LogP contribution in [0.2, 0.25) is 0 Å². The van der Waals surface area contributed by atoms with E-state index in [1.54, 1.807) is 0 Å². The molecule has 2 aliphatic rings. The Kier molecular flexibility index (Phi) is 3.58. The quantitative estimate of drug-likeness (QED) is 0.871. The summed E-state index contributed by atoms with van der Waals surface area (Å²) in [5, 5.41) is 3.61. The molecule has 104 valence electrons. The molecule has 0 radical (unpaired) electrons. The lowest BCUT2D eigenvalue weighted by Crippen LogP contribution is -2.32. The molecule has 2 fully saturated rings. The highest BCUT2D eigenvalue weighted by Crippen LogP contribution is 2.39. The van der Waals surface area contributed by atoms with Crippen LogP contribution >= 0.6 is 0 Å². The average Bonchev–Trinajstić information content (AvgIpc) is 3.23. The summed E-state index contributed by atoms with van der Waals surface area (Å²) in [7, 11) is 0. The van der Waals surface area contributed by atoms with Crippen LogP contribution in [-0.4, -0.2) is 16.0 Å². The Bertz CT molecular complexity index is 442. The van der Waals surface area contributed by atoms with Crippen molar-refractivity contribution in [3.8, 4) is 0 Å².